The van der Waals surface area contributed by atoms with Crippen LogP contribution in [0.15, 0.2) is 23.0 Å². The van der Waals surface area contributed by atoms with Crippen LogP contribution in [0, 0.1) is 10.8 Å². The lowest BCUT2D eigenvalue weighted by Gasteiger charge is -2.29. The summed E-state index contributed by atoms with van der Waals surface area (Å²) < 4.78 is 1.75. The Morgan fingerprint density at radius 1 is 1.52 bits per heavy atom. The summed E-state index contributed by atoms with van der Waals surface area (Å²) in [6.45, 7) is 6.19. The van der Waals surface area contributed by atoms with E-state index in [0.717, 1.165) is 18.5 Å². The largest absolute Gasteiger partial charge is 0.343 e. The first-order valence-electron chi connectivity index (χ1n) is 7.63. The van der Waals surface area contributed by atoms with Crippen molar-refractivity contribution in [3.05, 3.63) is 34.3 Å². The first-order chi connectivity index (χ1) is 10.9. The lowest BCUT2D eigenvalue weighted by Crippen LogP contribution is -2.36. The third kappa shape index (κ3) is 3.06. The van der Waals surface area contributed by atoms with E-state index in [9.17, 15) is 4.79 Å². The van der Waals surface area contributed by atoms with Crippen LogP contribution in [0.25, 0.3) is 0 Å². The number of amides is 1. The molecule has 0 aliphatic heterocycles. The van der Waals surface area contributed by atoms with Crippen LogP contribution in [0.5, 0.6) is 0 Å². The molecule has 0 bridgehead atoms. The molecule has 1 atom stereocenters. The molecule has 1 saturated carbocycles. The highest BCUT2D eigenvalue weighted by atomic mass is 32.1. The molecule has 3 rings (SSSR count). The molecule has 1 amide bonds. The van der Waals surface area contributed by atoms with Crippen molar-refractivity contribution in [3.8, 4) is 0 Å². The first kappa shape index (κ1) is 15.9. The predicted molar refractivity (Wildman–Crippen MR) is 90.0 cm³/mol. The summed E-state index contributed by atoms with van der Waals surface area (Å²) in [6, 6.07) is 1.57. The summed E-state index contributed by atoms with van der Waals surface area (Å²) in [5.41, 5.74) is 0.892. The number of hydrogen-bond acceptors (Lipinski definition) is 5. The molecular formula is C16H21N5OS. The Labute approximate surface area is 139 Å². The molecule has 1 fully saturated rings. The lowest BCUT2D eigenvalue weighted by atomic mass is 9.85. The van der Waals surface area contributed by atoms with Gasteiger partial charge in [0.1, 0.15) is 5.69 Å². The molecule has 6 nitrogen and oxygen atoms in total. The maximum atomic E-state index is 12.4. The van der Waals surface area contributed by atoms with Crippen LogP contribution in [0.1, 0.15) is 55.7 Å². The molecule has 2 aromatic rings. The van der Waals surface area contributed by atoms with Gasteiger partial charge in [-0.3, -0.25) is 4.79 Å². The van der Waals surface area contributed by atoms with E-state index in [4.69, 9.17) is 5.41 Å². The van der Waals surface area contributed by atoms with Crippen molar-refractivity contribution >= 4 is 23.5 Å². The zero-order valence-corrected chi connectivity index (χ0v) is 14.4. The van der Waals surface area contributed by atoms with Crippen LogP contribution >= 0.6 is 11.3 Å². The van der Waals surface area contributed by atoms with Crippen molar-refractivity contribution in [2.75, 3.05) is 0 Å². The van der Waals surface area contributed by atoms with Gasteiger partial charge >= 0.3 is 0 Å². The number of carbonyl (C=O) groups is 1. The van der Waals surface area contributed by atoms with Gasteiger partial charge in [0, 0.05) is 11.6 Å². The standard InChI is InChI=1S/C16H21N5OS/c1-15(2,3)13(18-14(22)11-4-7-23-9-11)12-8-21(20-19-12)16(10-17)5-6-16/h4,7-10,13,17H,5-6H2,1-3H3,(H,18,22)/t13-/m1/s1. The topological polar surface area (TPSA) is 83.7 Å². The highest BCUT2D eigenvalue weighted by Crippen LogP contribution is 2.41. The molecule has 0 unspecified atom stereocenters. The van der Waals surface area contributed by atoms with Crippen LogP contribution in [0.4, 0.5) is 0 Å². The fourth-order valence-electron chi connectivity index (χ4n) is 2.54. The Hall–Kier alpha value is -2.02. The third-order valence-electron chi connectivity index (χ3n) is 4.22. The highest BCUT2D eigenvalue weighted by molar-refractivity contribution is 7.08. The molecular weight excluding hydrogens is 310 g/mol. The molecule has 122 valence electrons. The molecule has 2 aromatic heterocycles. The smallest absolute Gasteiger partial charge is 0.252 e. The van der Waals surface area contributed by atoms with Gasteiger partial charge < -0.3 is 10.7 Å². The summed E-state index contributed by atoms with van der Waals surface area (Å²) in [5, 5.41) is 22.8. The number of nitrogens with one attached hydrogen (secondary N) is 2. The van der Waals surface area contributed by atoms with Crippen LogP contribution in [-0.2, 0) is 5.54 Å². The van der Waals surface area contributed by atoms with Gasteiger partial charge in [-0.25, -0.2) is 4.68 Å². The second-order valence-electron chi connectivity index (χ2n) is 7.12. The van der Waals surface area contributed by atoms with Crippen LogP contribution in [0.3, 0.4) is 0 Å². The van der Waals surface area contributed by atoms with Crippen molar-refractivity contribution in [3.63, 3.8) is 0 Å². The summed E-state index contributed by atoms with van der Waals surface area (Å²) in [6.07, 6.45) is 5.13. The Kier molecular flexibility index (Phi) is 3.83. The molecule has 0 saturated heterocycles. The minimum Gasteiger partial charge on any atom is -0.343 e. The van der Waals surface area contributed by atoms with Gasteiger partial charge in [-0.05, 0) is 29.7 Å². The lowest BCUT2D eigenvalue weighted by molar-refractivity contribution is 0.0900. The van der Waals surface area contributed by atoms with Gasteiger partial charge in [0.15, 0.2) is 0 Å². The van der Waals surface area contributed by atoms with Gasteiger partial charge in [-0.1, -0.05) is 26.0 Å². The van der Waals surface area contributed by atoms with Gasteiger partial charge in [-0.2, -0.15) is 11.3 Å². The first-order valence-corrected chi connectivity index (χ1v) is 8.57. The quantitative estimate of drug-likeness (QED) is 0.826. The number of aromatic nitrogens is 3. The van der Waals surface area contributed by atoms with E-state index in [-0.39, 0.29) is 22.9 Å². The minimum absolute atomic E-state index is 0.103. The van der Waals surface area contributed by atoms with Crippen LogP contribution in [-0.4, -0.2) is 27.1 Å². The highest BCUT2D eigenvalue weighted by Gasteiger charge is 2.44. The molecule has 23 heavy (non-hydrogen) atoms. The van der Waals surface area contributed by atoms with E-state index in [0.29, 0.717) is 5.56 Å². The van der Waals surface area contributed by atoms with Crippen molar-refractivity contribution < 1.29 is 4.79 Å². The molecule has 0 aromatic carbocycles. The molecule has 2 heterocycles. The predicted octanol–water partition coefficient (Wildman–Crippen LogP) is 3.00. The maximum Gasteiger partial charge on any atom is 0.252 e. The SMILES string of the molecule is CC(C)(C)[C@H](NC(=O)c1ccsc1)c1cn(C2(C=N)CC2)nn1. The second kappa shape index (κ2) is 5.56. The fraction of sp³-hybridized carbons (Fsp3) is 0.500. The molecule has 7 heteroatoms. The van der Waals surface area contributed by atoms with E-state index in [1.807, 2.05) is 23.0 Å². The van der Waals surface area contributed by atoms with E-state index in [1.54, 1.807) is 4.68 Å². The van der Waals surface area contributed by atoms with Crippen molar-refractivity contribution in [1.29, 1.82) is 5.41 Å². The Morgan fingerprint density at radius 3 is 2.78 bits per heavy atom. The number of nitrogens with zero attached hydrogens (tertiary/aromatic N) is 3. The second-order valence-corrected chi connectivity index (χ2v) is 7.90. The monoisotopic (exact) mass is 331 g/mol. The van der Waals surface area contributed by atoms with Crippen molar-refractivity contribution in [2.24, 2.45) is 5.41 Å². The molecule has 1 aliphatic rings. The fourth-order valence-corrected chi connectivity index (χ4v) is 3.17. The maximum absolute atomic E-state index is 12.4. The van der Waals surface area contributed by atoms with Crippen LogP contribution in [0.2, 0.25) is 0 Å². The summed E-state index contributed by atoms with van der Waals surface area (Å²) in [4.78, 5) is 12.4. The molecule has 1 aliphatic carbocycles. The normalized spacial score (nSPS) is 17.5. The molecule has 0 radical (unpaired) electrons. The van der Waals surface area contributed by atoms with E-state index >= 15 is 0 Å². The Balaban J connectivity index is 1.85. The molecule has 0 spiro atoms. The minimum atomic E-state index is -0.301. The number of hydrogen-bond donors (Lipinski definition) is 2. The van der Waals surface area contributed by atoms with E-state index < -0.39 is 0 Å². The summed E-state index contributed by atoms with van der Waals surface area (Å²) in [7, 11) is 0. The number of carbonyl (C=O) groups excluding carboxylic acids is 1. The summed E-state index contributed by atoms with van der Waals surface area (Å²) in [5.74, 6) is -0.103. The zero-order valence-electron chi connectivity index (χ0n) is 13.5. The average molecular weight is 331 g/mol. The average Bonchev–Trinajstić information content (AvgIpc) is 2.94. The van der Waals surface area contributed by atoms with Gasteiger partial charge in [0.25, 0.3) is 5.91 Å². The van der Waals surface area contributed by atoms with Gasteiger partial charge in [-0.15, -0.1) is 5.10 Å². The molecule has 2 N–H and O–H groups in total. The number of thiophene rings is 1. The zero-order chi connectivity index (χ0) is 16.7. The van der Waals surface area contributed by atoms with Gasteiger partial charge in [0.05, 0.1) is 23.3 Å². The Morgan fingerprint density at radius 2 is 2.26 bits per heavy atom. The number of rotatable bonds is 5. The van der Waals surface area contributed by atoms with Crippen molar-refractivity contribution in [2.45, 2.75) is 45.2 Å². The Bertz CT molecular complexity index is 709. The van der Waals surface area contributed by atoms with E-state index in [2.05, 4.69) is 36.4 Å². The van der Waals surface area contributed by atoms with Gasteiger partial charge in [0.2, 0.25) is 0 Å². The third-order valence-corrected chi connectivity index (χ3v) is 4.90. The summed E-state index contributed by atoms with van der Waals surface area (Å²) >= 11 is 1.50. The van der Waals surface area contributed by atoms with E-state index in [1.165, 1.54) is 17.6 Å². The van der Waals surface area contributed by atoms with Crippen LogP contribution < -0.4 is 5.32 Å². The van der Waals surface area contributed by atoms with Crippen molar-refractivity contribution in [1.82, 2.24) is 20.3 Å².